The van der Waals surface area contributed by atoms with Crippen LogP contribution in [-0.2, 0) is 28.6 Å². The predicted octanol–water partition coefficient (Wildman–Crippen LogP) is 11.6. The summed E-state index contributed by atoms with van der Waals surface area (Å²) in [4.78, 5) is 36.9. The van der Waals surface area contributed by atoms with E-state index in [1.54, 1.807) is 21.1 Å². The van der Waals surface area contributed by atoms with Crippen molar-refractivity contribution < 1.29 is 38.2 Å². The molecule has 0 saturated heterocycles. The van der Waals surface area contributed by atoms with Crippen molar-refractivity contribution in [2.24, 2.45) is 0 Å². The van der Waals surface area contributed by atoms with E-state index in [-0.39, 0.29) is 49.1 Å². The molecule has 2 atom stereocenters. The number of rotatable bonds is 40. The van der Waals surface area contributed by atoms with E-state index in [0.717, 1.165) is 89.9 Å². The van der Waals surface area contributed by atoms with Gasteiger partial charge in [-0.05, 0) is 89.9 Å². The van der Waals surface area contributed by atoms with Gasteiger partial charge in [0.1, 0.15) is 12.6 Å². The van der Waals surface area contributed by atoms with E-state index < -0.39 is 18.1 Å². The third-order valence-electron chi connectivity index (χ3n) is 9.77. The smallest absolute Gasteiger partial charge is 0.306 e. The molecule has 336 valence electrons. The lowest BCUT2D eigenvalue weighted by molar-refractivity contribution is -0.889. The molecule has 0 amide bonds. The first kappa shape index (κ1) is 55.5. The number of hydrogen-bond donors (Lipinski definition) is 0. The number of carboxylic acids is 1. The minimum absolute atomic E-state index is 0.0175. The monoisotopic (exact) mass is 824 g/mol. The maximum Gasteiger partial charge on any atom is 0.306 e. The maximum atomic E-state index is 12.7. The third kappa shape index (κ3) is 39.7. The standard InChI is InChI=1S/C51H85NO7/c1-6-8-10-12-14-16-18-20-21-22-23-24-25-26-27-28-30-32-34-36-38-40-42-50(54)59-47(45-57-44-43-48(51(55)56)52(3,4)5)46-58-49(53)41-39-37-35-33-31-29-19-17-15-13-11-9-7-2/h8,10,14,16,20-21,23-24,26-27,29-32,47-48H,6-7,9,11-13,15,17-19,22,25,28,33-46H2,1-5H3/b10-8+,16-14+,21-20+,24-23+,27-26+,31-29+,32-30+. The summed E-state index contributed by atoms with van der Waals surface area (Å²) in [5.41, 5.74) is 0. The summed E-state index contributed by atoms with van der Waals surface area (Å²) in [5, 5.41) is 11.6. The van der Waals surface area contributed by atoms with E-state index in [0.29, 0.717) is 12.8 Å². The van der Waals surface area contributed by atoms with Crippen LogP contribution in [0, 0.1) is 0 Å². The van der Waals surface area contributed by atoms with Crippen molar-refractivity contribution in [3.63, 3.8) is 0 Å². The summed E-state index contributed by atoms with van der Waals surface area (Å²) in [6, 6.07) is -0.738. The number of likely N-dealkylation sites (N-methyl/N-ethyl adjacent to an activating group) is 1. The van der Waals surface area contributed by atoms with Gasteiger partial charge in [-0.1, -0.05) is 144 Å². The van der Waals surface area contributed by atoms with Crippen LogP contribution in [0.1, 0.15) is 168 Å². The van der Waals surface area contributed by atoms with Crippen molar-refractivity contribution in [1.82, 2.24) is 0 Å². The molecule has 0 aliphatic heterocycles. The van der Waals surface area contributed by atoms with Gasteiger partial charge in [-0.2, -0.15) is 0 Å². The minimum atomic E-state index is -1.14. The SMILES string of the molecule is CC/C=C/C/C=C/C/C=C/C/C=C/C/C=C/C/C=C/CCCCCC(=O)OC(COCCC(C(=O)[O-])[N+](C)(C)C)COC(=O)CCCCC/C=C/CCCCCCCC. The molecule has 0 bridgehead atoms. The molecule has 0 spiro atoms. The van der Waals surface area contributed by atoms with Gasteiger partial charge in [0, 0.05) is 19.3 Å². The number of esters is 2. The van der Waals surface area contributed by atoms with E-state index in [4.69, 9.17) is 14.2 Å². The zero-order chi connectivity index (χ0) is 43.5. The first-order chi connectivity index (χ1) is 28.6. The molecular formula is C51H85NO7. The lowest BCUT2D eigenvalue weighted by atomic mass is 10.1. The molecule has 0 radical (unpaired) electrons. The predicted molar refractivity (Wildman–Crippen MR) is 245 cm³/mol. The van der Waals surface area contributed by atoms with Crippen LogP contribution >= 0.6 is 0 Å². The number of unbranched alkanes of at least 4 members (excludes halogenated alkanes) is 12. The Morgan fingerprint density at radius 1 is 0.525 bits per heavy atom. The van der Waals surface area contributed by atoms with Gasteiger partial charge in [-0.15, -0.1) is 0 Å². The highest BCUT2D eigenvalue weighted by Gasteiger charge is 2.25. The molecule has 0 heterocycles. The fourth-order valence-corrected chi connectivity index (χ4v) is 6.18. The van der Waals surface area contributed by atoms with Crippen LogP contribution in [0.25, 0.3) is 0 Å². The number of hydrogen-bond acceptors (Lipinski definition) is 7. The van der Waals surface area contributed by atoms with Crippen molar-refractivity contribution in [2.45, 2.75) is 180 Å². The summed E-state index contributed by atoms with van der Waals surface area (Å²) in [5.74, 6) is -1.81. The van der Waals surface area contributed by atoms with E-state index in [2.05, 4.69) is 98.9 Å². The summed E-state index contributed by atoms with van der Waals surface area (Å²) in [6.45, 7) is 4.47. The second-order valence-corrected chi connectivity index (χ2v) is 16.3. The van der Waals surface area contributed by atoms with Gasteiger partial charge in [-0.3, -0.25) is 9.59 Å². The Hall–Kier alpha value is -3.49. The molecule has 0 rings (SSSR count). The number of aliphatic carboxylic acids is 1. The first-order valence-corrected chi connectivity index (χ1v) is 23.1. The summed E-state index contributed by atoms with van der Waals surface area (Å²) < 4.78 is 17.1. The van der Waals surface area contributed by atoms with Gasteiger partial charge in [0.05, 0.1) is 40.3 Å². The molecule has 8 heteroatoms. The molecule has 0 saturated carbocycles. The van der Waals surface area contributed by atoms with E-state index in [1.165, 1.54) is 38.5 Å². The highest BCUT2D eigenvalue weighted by molar-refractivity contribution is 5.70. The Morgan fingerprint density at radius 2 is 0.949 bits per heavy atom. The second-order valence-electron chi connectivity index (χ2n) is 16.3. The number of carboxylic acid groups (broad SMARTS) is 1. The van der Waals surface area contributed by atoms with Gasteiger partial charge in [-0.25, -0.2) is 0 Å². The number of carbonyl (C=O) groups is 3. The Kier molecular flexibility index (Phi) is 38.8. The molecule has 59 heavy (non-hydrogen) atoms. The van der Waals surface area contributed by atoms with Gasteiger partial charge < -0.3 is 28.6 Å². The Labute approximate surface area is 361 Å². The minimum Gasteiger partial charge on any atom is -0.544 e. The lowest BCUT2D eigenvalue weighted by Crippen LogP contribution is -2.55. The summed E-state index contributed by atoms with van der Waals surface area (Å²) in [7, 11) is 5.38. The summed E-state index contributed by atoms with van der Waals surface area (Å²) >= 11 is 0. The first-order valence-electron chi connectivity index (χ1n) is 23.1. The molecule has 0 aromatic carbocycles. The Bertz CT molecular complexity index is 1240. The van der Waals surface area contributed by atoms with Crippen molar-refractivity contribution >= 4 is 17.9 Å². The van der Waals surface area contributed by atoms with Gasteiger partial charge in [0.25, 0.3) is 0 Å². The molecule has 0 N–H and O–H groups in total. The van der Waals surface area contributed by atoms with Crippen molar-refractivity contribution in [1.29, 1.82) is 0 Å². The molecule has 8 nitrogen and oxygen atoms in total. The van der Waals surface area contributed by atoms with Crippen LogP contribution in [0.5, 0.6) is 0 Å². The van der Waals surface area contributed by atoms with Crippen LogP contribution < -0.4 is 5.11 Å². The summed E-state index contributed by atoms with van der Waals surface area (Å²) in [6.07, 6.45) is 53.2. The van der Waals surface area contributed by atoms with Gasteiger partial charge >= 0.3 is 11.9 Å². The molecule has 0 aliphatic carbocycles. The zero-order valence-electron chi connectivity index (χ0n) is 38.1. The third-order valence-corrected chi connectivity index (χ3v) is 9.77. The largest absolute Gasteiger partial charge is 0.544 e. The molecular weight excluding hydrogens is 739 g/mol. The average molecular weight is 824 g/mol. The second kappa shape index (κ2) is 41.3. The topological polar surface area (TPSA) is 102 Å². The fourth-order valence-electron chi connectivity index (χ4n) is 6.18. The number of nitrogens with zero attached hydrogens (tertiary/aromatic N) is 1. The molecule has 0 aliphatic rings. The van der Waals surface area contributed by atoms with Crippen molar-refractivity contribution in [3.8, 4) is 0 Å². The molecule has 0 aromatic rings. The van der Waals surface area contributed by atoms with Crippen LogP contribution in [-0.4, -0.2) is 75.5 Å². The zero-order valence-corrected chi connectivity index (χ0v) is 38.1. The maximum absolute atomic E-state index is 12.7. The van der Waals surface area contributed by atoms with E-state index in [9.17, 15) is 19.5 Å². The van der Waals surface area contributed by atoms with Crippen molar-refractivity contribution in [3.05, 3.63) is 85.1 Å². The highest BCUT2D eigenvalue weighted by Crippen LogP contribution is 2.12. The fraction of sp³-hybridized carbons (Fsp3) is 0.667. The van der Waals surface area contributed by atoms with Crippen LogP contribution in [0.15, 0.2) is 85.1 Å². The average Bonchev–Trinajstić information content (AvgIpc) is 3.19. The normalized spacial score (nSPS) is 13.7. The Balaban J connectivity index is 4.42. The number of allylic oxidation sites excluding steroid dienone is 14. The van der Waals surface area contributed by atoms with E-state index >= 15 is 0 Å². The van der Waals surface area contributed by atoms with Crippen LogP contribution in [0.2, 0.25) is 0 Å². The van der Waals surface area contributed by atoms with Crippen LogP contribution in [0.3, 0.4) is 0 Å². The Morgan fingerprint density at radius 3 is 1.42 bits per heavy atom. The molecule has 0 fully saturated rings. The van der Waals surface area contributed by atoms with E-state index in [1.807, 2.05) is 0 Å². The number of quaternary nitrogens is 1. The molecule has 2 unspecified atom stereocenters. The lowest BCUT2D eigenvalue weighted by Gasteiger charge is -2.34. The quantitative estimate of drug-likeness (QED) is 0.0262. The van der Waals surface area contributed by atoms with Gasteiger partial charge in [0.2, 0.25) is 0 Å². The van der Waals surface area contributed by atoms with Crippen LogP contribution in [0.4, 0.5) is 0 Å². The van der Waals surface area contributed by atoms with Gasteiger partial charge in [0.15, 0.2) is 6.10 Å². The number of ether oxygens (including phenoxy) is 3. The highest BCUT2D eigenvalue weighted by atomic mass is 16.6. The van der Waals surface area contributed by atoms with Crippen molar-refractivity contribution in [2.75, 3.05) is 41.0 Å². The number of carbonyl (C=O) groups excluding carboxylic acids is 3. The molecule has 0 aromatic heterocycles.